The Balaban J connectivity index is 4.53. The first kappa shape index (κ1) is 59.2. The number of carbonyl (C=O) groups is 3. The Kier molecular flexibility index (Phi) is 42.1. The zero-order chi connectivity index (χ0) is 46.3. The molecular weight excluding hydrogens is 791 g/mol. The van der Waals surface area contributed by atoms with E-state index in [1.54, 1.807) is 0 Å². The number of quaternary nitrogens is 1. The van der Waals surface area contributed by atoms with Crippen LogP contribution < -0.4 is 0 Å². The number of aliphatic carboxylic acids is 1. The Morgan fingerprint density at radius 3 is 1.41 bits per heavy atom. The second-order valence-electron chi connectivity index (χ2n) is 17.0. The first-order valence-electron chi connectivity index (χ1n) is 24.4. The molecule has 0 saturated carbocycles. The minimum absolute atomic E-state index is 0.170. The number of hydrogen-bond acceptors (Lipinski definition) is 7. The minimum Gasteiger partial charge on any atom is -0.477 e. The fourth-order valence-electron chi connectivity index (χ4n) is 6.05. The number of allylic oxidation sites excluding steroid dienone is 16. The number of rotatable bonds is 43. The van der Waals surface area contributed by atoms with Crippen LogP contribution in [0.25, 0.3) is 0 Å². The van der Waals surface area contributed by atoms with Gasteiger partial charge in [-0.25, -0.2) is 4.79 Å². The maximum atomic E-state index is 12.8. The molecule has 0 spiro atoms. The molecule has 0 aliphatic rings. The van der Waals surface area contributed by atoms with E-state index in [4.69, 9.17) is 18.9 Å². The SMILES string of the molecule is CC/C=C\C/C=C\C/C=C\C/C=C\C/C=C\C/C=C\C/C=C\CCCC(=O)OC(COC(=O)CCCCCCC/C=C\CCCCCCCC)COC(OCC[N+](C)(C)C)C(=O)O. The van der Waals surface area contributed by atoms with Crippen LogP contribution >= 0.6 is 0 Å². The number of carboxylic acids is 1. The summed E-state index contributed by atoms with van der Waals surface area (Å²) in [6.07, 6.45) is 56.2. The normalized spacial score (nSPS) is 13.7. The highest BCUT2D eigenvalue weighted by molar-refractivity contribution is 5.71. The van der Waals surface area contributed by atoms with Crippen LogP contribution in [0.3, 0.4) is 0 Å². The predicted octanol–water partition coefficient (Wildman–Crippen LogP) is 13.4. The highest BCUT2D eigenvalue weighted by atomic mass is 16.7. The third-order valence-electron chi connectivity index (χ3n) is 9.82. The summed E-state index contributed by atoms with van der Waals surface area (Å²) in [5, 5.41) is 9.65. The Bertz CT molecular complexity index is 1350. The summed E-state index contributed by atoms with van der Waals surface area (Å²) in [5.74, 6) is -2.11. The van der Waals surface area contributed by atoms with Crippen molar-refractivity contribution in [2.75, 3.05) is 47.5 Å². The van der Waals surface area contributed by atoms with Crippen LogP contribution in [-0.2, 0) is 33.3 Å². The Hall–Kier alpha value is -3.79. The van der Waals surface area contributed by atoms with E-state index < -0.39 is 24.3 Å². The molecule has 0 heterocycles. The Morgan fingerprint density at radius 1 is 0.492 bits per heavy atom. The van der Waals surface area contributed by atoms with Gasteiger partial charge in [0.1, 0.15) is 13.2 Å². The van der Waals surface area contributed by atoms with Crippen LogP contribution in [0.15, 0.2) is 97.2 Å². The standard InChI is InChI=1S/C54H89NO8/c1-6-8-10-12-14-16-18-20-22-23-24-25-26-27-28-29-31-33-35-37-39-41-43-45-52(57)63-50(49-62-54(53(58)59)60-47-46-55(3,4)5)48-61-51(56)44-42-40-38-36-34-32-30-21-19-17-15-13-11-9-7-2/h8,10,14,16,20-22,24-25,27-28,30-31,33,37,39,50,54H,6-7,9,11-13,15,17-19,23,26,29,32,34-36,38,40-49H2,1-5H3/p+1/b10-8-,16-14-,22-20-,25-24-,28-27-,30-21-,33-31-,39-37-. The number of nitrogens with zero attached hydrogens (tertiary/aromatic N) is 1. The van der Waals surface area contributed by atoms with E-state index in [1.807, 2.05) is 21.1 Å². The number of unbranched alkanes of at least 4 members (excludes halogenated alkanes) is 12. The lowest BCUT2D eigenvalue weighted by atomic mass is 10.1. The van der Waals surface area contributed by atoms with Crippen LogP contribution in [-0.4, -0.2) is 87.4 Å². The molecule has 0 radical (unpaired) electrons. The van der Waals surface area contributed by atoms with Gasteiger partial charge in [-0.1, -0.05) is 162 Å². The summed E-state index contributed by atoms with van der Waals surface area (Å²) in [7, 11) is 5.93. The van der Waals surface area contributed by atoms with Gasteiger partial charge in [0.15, 0.2) is 6.10 Å². The van der Waals surface area contributed by atoms with Crippen LogP contribution in [0.1, 0.15) is 168 Å². The second kappa shape index (κ2) is 44.8. The summed E-state index contributed by atoms with van der Waals surface area (Å²) < 4.78 is 22.7. The van der Waals surface area contributed by atoms with Gasteiger partial charge in [-0.05, 0) is 89.9 Å². The number of hydrogen-bond donors (Lipinski definition) is 1. The van der Waals surface area contributed by atoms with Crippen molar-refractivity contribution >= 4 is 17.9 Å². The summed E-state index contributed by atoms with van der Waals surface area (Å²) in [6, 6.07) is 0. The molecule has 2 atom stereocenters. The highest BCUT2D eigenvalue weighted by Gasteiger charge is 2.25. The van der Waals surface area contributed by atoms with E-state index in [0.29, 0.717) is 23.9 Å². The lowest BCUT2D eigenvalue weighted by Crippen LogP contribution is -2.40. The molecule has 0 aliphatic heterocycles. The molecule has 1 N–H and O–H groups in total. The predicted molar refractivity (Wildman–Crippen MR) is 262 cm³/mol. The summed E-state index contributed by atoms with van der Waals surface area (Å²) in [4.78, 5) is 37.2. The van der Waals surface area contributed by atoms with E-state index in [1.165, 1.54) is 44.9 Å². The van der Waals surface area contributed by atoms with Crippen LogP contribution in [0.2, 0.25) is 0 Å². The summed E-state index contributed by atoms with van der Waals surface area (Å²) in [6.45, 7) is 4.65. The molecule has 0 saturated heterocycles. The highest BCUT2D eigenvalue weighted by Crippen LogP contribution is 2.12. The molecule has 0 bridgehead atoms. The molecule has 63 heavy (non-hydrogen) atoms. The summed E-state index contributed by atoms with van der Waals surface area (Å²) >= 11 is 0. The van der Waals surface area contributed by atoms with Gasteiger partial charge in [0.2, 0.25) is 0 Å². The molecule has 0 aliphatic carbocycles. The molecule has 9 nitrogen and oxygen atoms in total. The van der Waals surface area contributed by atoms with E-state index in [2.05, 4.69) is 111 Å². The van der Waals surface area contributed by atoms with Crippen LogP contribution in [0.4, 0.5) is 0 Å². The van der Waals surface area contributed by atoms with Crippen molar-refractivity contribution in [3.63, 3.8) is 0 Å². The number of ether oxygens (including phenoxy) is 4. The second-order valence-corrected chi connectivity index (χ2v) is 17.0. The smallest absolute Gasteiger partial charge is 0.361 e. The summed E-state index contributed by atoms with van der Waals surface area (Å²) in [5.41, 5.74) is 0. The minimum atomic E-state index is -1.53. The molecule has 358 valence electrons. The van der Waals surface area contributed by atoms with Gasteiger partial charge in [-0.2, -0.15) is 0 Å². The maximum absolute atomic E-state index is 12.8. The zero-order valence-corrected chi connectivity index (χ0v) is 40.4. The van der Waals surface area contributed by atoms with Crippen molar-refractivity contribution in [3.05, 3.63) is 97.2 Å². The number of carbonyl (C=O) groups excluding carboxylic acids is 2. The third kappa shape index (κ3) is 46.0. The van der Waals surface area contributed by atoms with Gasteiger partial charge >= 0.3 is 17.9 Å². The number of esters is 2. The topological polar surface area (TPSA) is 108 Å². The molecule has 0 aromatic rings. The number of carboxylic acid groups (broad SMARTS) is 1. The van der Waals surface area contributed by atoms with Crippen molar-refractivity contribution < 1.29 is 42.9 Å². The van der Waals surface area contributed by atoms with E-state index in [-0.39, 0.29) is 38.6 Å². The molecule has 0 aromatic carbocycles. The van der Waals surface area contributed by atoms with Gasteiger partial charge in [0, 0.05) is 12.8 Å². The molecule has 9 heteroatoms. The van der Waals surface area contributed by atoms with E-state index in [0.717, 1.165) is 83.5 Å². The van der Waals surface area contributed by atoms with Crippen molar-refractivity contribution in [1.29, 1.82) is 0 Å². The lowest BCUT2D eigenvalue weighted by molar-refractivity contribution is -0.870. The van der Waals surface area contributed by atoms with Crippen molar-refractivity contribution in [1.82, 2.24) is 0 Å². The van der Waals surface area contributed by atoms with Crippen molar-refractivity contribution in [3.8, 4) is 0 Å². The average molecular weight is 881 g/mol. The first-order valence-corrected chi connectivity index (χ1v) is 24.4. The largest absolute Gasteiger partial charge is 0.477 e. The van der Waals surface area contributed by atoms with Gasteiger partial charge < -0.3 is 28.5 Å². The quantitative estimate of drug-likeness (QED) is 0.0212. The molecule has 2 unspecified atom stereocenters. The molecule has 0 amide bonds. The fraction of sp³-hybridized carbons (Fsp3) is 0.648. The van der Waals surface area contributed by atoms with E-state index >= 15 is 0 Å². The molecular formula is C54H90NO8+. The third-order valence-corrected chi connectivity index (χ3v) is 9.82. The van der Waals surface area contributed by atoms with Gasteiger partial charge in [0.25, 0.3) is 6.29 Å². The number of likely N-dealkylation sites (N-methyl/N-ethyl adjacent to an activating group) is 1. The maximum Gasteiger partial charge on any atom is 0.361 e. The van der Waals surface area contributed by atoms with Crippen molar-refractivity contribution in [2.24, 2.45) is 0 Å². The van der Waals surface area contributed by atoms with Crippen LogP contribution in [0, 0.1) is 0 Å². The van der Waals surface area contributed by atoms with Crippen molar-refractivity contribution in [2.45, 2.75) is 180 Å². The fourth-order valence-corrected chi connectivity index (χ4v) is 6.05. The average Bonchev–Trinajstić information content (AvgIpc) is 3.24. The Morgan fingerprint density at radius 2 is 0.921 bits per heavy atom. The first-order chi connectivity index (χ1) is 30.6. The monoisotopic (exact) mass is 881 g/mol. The van der Waals surface area contributed by atoms with Gasteiger partial charge in [-0.15, -0.1) is 0 Å². The molecule has 0 fully saturated rings. The van der Waals surface area contributed by atoms with Gasteiger partial charge in [0.05, 0.1) is 34.4 Å². The lowest BCUT2D eigenvalue weighted by Gasteiger charge is -2.25. The van der Waals surface area contributed by atoms with Crippen LogP contribution in [0.5, 0.6) is 0 Å². The van der Waals surface area contributed by atoms with Gasteiger partial charge in [-0.3, -0.25) is 9.59 Å². The Labute approximate surface area is 384 Å². The molecule has 0 aromatic heterocycles. The zero-order valence-electron chi connectivity index (χ0n) is 40.4. The molecule has 0 rings (SSSR count). The van der Waals surface area contributed by atoms with E-state index in [9.17, 15) is 19.5 Å².